The number of anilines is 1. The van der Waals surface area contributed by atoms with E-state index in [0.717, 1.165) is 13.1 Å². The summed E-state index contributed by atoms with van der Waals surface area (Å²) in [6, 6.07) is 3.08. The molecule has 1 atom stereocenters. The van der Waals surface area contributed by atoms with Crippen LogP contribution in [-0.2, 0) is 4.74 Å². The van der Waals surface area contributed by atoms with Crippen molar-refractivity contribution in [2.24, 2.45) is 5.92 Å². The molecule has 86 valence electrons. The maximum absolute atomic E-state index is 13.6. The van der Waals surface area contributed by atoms with Crippen LogP contribution in [0.1, 0.15) is 12.8 Å². The van der Waals surface area contributed by atoms with Gasteiger partial charge in [-0.05, 0) is 30.9 Å². The monoisotopic (exact) mass is 222 g/mol. The standard InChI is InChI=1S/C12H15FN2O/c13-10-2-1-5-14-12(10)15-6-7-16-11(8-15)9-3-4-9/h1-2,5,9,11H,3-4,6-8H2/t11-/m0/s1. The number of morpholine rings is 1. The van der Waals surface area contributed by atoms with Crippen molar-refractivity contribution >= 4 is 5.82 Å². The van der Waals surface area contributed by atoms with Crippen LogP contribution in [-0.4, -0.2) is 30.8 Å². The first-order valence-corrected chi connectivity index (χ1v) is 5.81. The number of rotatable bonds is 2. The lowest BCUT2D eigenvalue weighted by Crippen LogP contribution is -2.44. The van der Waals surface area contributed by atoms with E-state index >= 15 is 0 Å². The minimum atomic E-state index is -0.237. The Morgan fingerprint density at radius 3 is 3.06 bits per heavy atom. The van der Waals surface area contributed by atoms with E-state index in [2.05, 4.69) is 4.98 Å². The topological polar surface area (TPSA) is 25.4 Å². The summed E-state index contributed by atoms with van der Waals surface area (Å²) in [5.74, 6) is 0.921. The summed E-state index contributed by atoms with van der Waals surface area (Å²) in [5, 5.41) is 0. The van der Waals surface area contributed by atoms with Crippen molar-refractivity contribution in [1.29, 1.82) is 0 Å². The number of hydrogen-bond acceptors (Lipinski definition) is 3. The number of hydrogen-bond donors (Lipinski definition) is 0. The number of pyridine rings is 1. The Morgan fingerprint density at radius 2 is 2.31 bits per heavy atom. The smallest absolute Gasteiger partial charge is 0.165 e. The van der Waals surface area contributed by atoms with Gasteiger partial charge in [0.05, 0.1) is 12.7 Å². The molecule has 16 heavy (non-hydrogen) atoms. The van der Waals surface area contributed by atoms with Crippen molar-refractivity contribution in [2.75, 3.05) is 24.6 Å². The third-order valence-electron chi connectivity index (χ3n) is 3.28. The second-order valence-corrected chi connectivity index (χ2v) is 4.50. The Balaban J connectivity index is 1.76. The normalized spacial score (nSPS) is 25.8. The van der Waals surface area contributed by atoms with Crippen molar-refractivity contribution in [2.45, 2.75) is 18.9 Å². The molecule has 2 heterocycles. The molecule has 0 amide bonds. The Kier molecular flexibility index (Phi) is 2.52. The van der Waals surface area contributed by atoms with Gasteiger partial charge in [0.15, 0.2) is 11.6 Å². The molecule has 0 unspecified atom stereocenters. The SMILES string of the molecule is Fc1cccnc1N1CCO[C@H](C2CC2)C1. The van der Waals surface area contributed by atoms with E-state index in [4.69, 9.17) is 4.74 Å². The van der Waals surface area contributed by atoms with Gasteiger partial charge in [-0.25, -0.2) is 9.37 Å². The largest absolute Gasteiger partial charge is 0.374 e. The van der Waals surface area contributed by atoms with E-state index in [-0.39, 0.29) is 11.9 Å². The fourth-order valence-corrected chi connectivity index (χ4v) is 2.23. The molecule has 1 aromatic rings. The number of nitrogens with zero attached hydrogens (tertiary/aromatic N) is 2. The van der Waals surface area contributed by atoms with Gasteiger partial charge in [-0.15, -0.1) is 0 Å². The fourth-order valence-electron chi connectivity index (χ4n) is 2.23. The quantitative estimate of drug-likeness (QED) is 0.763. The van der Waals surface area contributed by atoms with Crippen LogP contribution in [0, 0.1) is 11.7 Å². The third kappa shape index (κ3) is 1.89. The summed E-state index contributed by atoms with van der Waals surface area (Å²) in [4.78, 5) is 6.11. The van der Waals surface area contributed by atoms with Gasteiger partial charge in [0.2, 0.25) is 0 Å². The minimum Gasteiger partial charge on any atom is -0.374 e. The number of aromatic nitrogens is 1. The van der Waals surface area contributed by atoms with Crippen LogP contribution in [0.15, 0.2) is 18.3 Å². The van der Waals surface area contributed by atoms with Crippen molar-refractivity contribution in [1.82, 2.24) is 4.98 Å². The summed E-state index contributed by atoms with van der Waals surface area (Å²) in [6.45, 7) is 2.19. The Bertz CT molecular complexity index is 381. The maximum atomic E-state index is 13.6. The molecule has 0 spiro atoms. The zero-order chi connectivity index (χ0) is 11.0. The summed E-state index contributed by atoms with van der Waals surface area (Å²) in [5.41, 5.74) is 0. The predicted molar refractivity (Wildman–Crippen MR) is 58.9 cm³/mol. The lowest BCUT2D eigenvalue weighted by Gasteiger charge is -2.33. The molecular formula is C12H15FN2O. The summed E-state index contributed by atoms with van der Waals surface area (Å²) in [7, 11) is 0. The molecule has 0 radical (unpaired) electrons. The lowest BCUT2D eigenvalue weighted by molar-refractivity contribution is 0.0259. The summed E-state index contributed by atoms with van der Waals surface area (Å²) >= 11 is 0. The van der Waals surface area contributed by atoms with Gasteiger partial charge < -0.3 is 9.64 Å². The molecule has 0 bridgehead atoms. The summed E-state index contributed by atoms with van der Waals surface area (Å²) in [6.07, 6.45) is 4.42. The molecule has 1 saturated carbocycles. The Labute approximate surface area is 94.2 Å². The van der Waals surface area contributed by atoms with Gasteiger partial charge >= 0.3 is 0 Å². The zero-order valence-corrected chi connectivity index (χ0v) is 9.10. The minimum absolute atomic E-state index is 0.237. The predicted octanol–water partition coefficient (Wildman–Crippen LogP) is 1.84. The molecule has 1 aliphatic heterocycles. The van der Waals surface area contributed by atoms with E-state index in [0.29, 0.717) is 18.3 Å². The molecule has 3 rings (SSSR count). The molecule has 4 heteroatoms. The highest BCUT2D eigenvalue weighted by molar-refractivity contribution is 5.40. The van der Waals surface area contributed by atoms with Crippen molar-refractivity contribution in [3.8, 4) is 0 Å². The van der Waals surface area contributed by atoms with Gasteiger partial charge in [0, 0.05) is 19.3 Å². The number of halogens is 1. The van der Waals surface area contributed by atoms with E-state index in [1.165, 1.54) is 18.9 Å². The van der Waals surface area contributed by atoms with Gasteiger partial charge in [-0.3, -0.25) is 0 Å². The zero-order valence-electron chi connectivity index (χ0n) is 9.10. The second-order valence-electron chi connectivity index (χ2n) is 4.50. The third-order valence-corrected chi connectivity index (χ3v) is 3.28. The molecule has 1 aliphatic carbocycles. The van der Waals surface area contributed by atoms with Crippen LogP contribution in [0.25, 0.3) is 0 Å². The molecule has 2 aliphatic rings. The van der Waals surface area contributed by atoms with Crippen LogP contribution < -0.4 is 4.90 Å². The molecule has 2 fully saturated rings. The highest BCUT2D eigenvalue weighted by Crippen LogP contribution is 2.36. The van der Waals surface area contributed by atoms with Crippen LogP contribution >= 0.6 is 0 Å². The van der Waals surface area contributed by atoms with Crippen LogP contribution in [0.3, 0.4) is 0 Å². The van der Waals surface area contributed by atoms with Gasteiger partial charge in [0.1, 0.15) is 0 Å². The van der Waals surface area contributed by atoms with Crippen molar-refractivity contribution in [3.05, 3.63) is 24.1 Å². The first-order valence-electron chi connectivity index (χ1n) is 5.81. The summed E-state index contributed by atoms with van der Waals surface area (Å²) < 4.78 is 19.3. The number of ether oxygens (including phenoxy) is 1. The molecule has 0 N–H and O–H groups in total. The highest BCUT2D eigenvalue weighted by Gasteiger charge is 2.35. The van der Waals surface area contributed by atoms with E-state index in [1.807, 2.05) is 4.90 Å². The van der Waals surface area contributed by atoms with E-state index in [9.17, 15) is 4.39 Å². The average Bonchev–Trinajstić information content (AvgIpc) is 3.14. The highest BCUT2D eigenvalue weighted by atomic mass is 19.1. The molecular weight excluding hydrogens is 207 g/mol. The van der Waals surface area contributed by atoms with Crippen molar-refractivity contribution < 1.29 is 9.13 Å². The first-order chi connectivity index (χ1) is 7.84. The molecule has 1 aromatic heterocycles. The van der Waals surface area contributed by atoms with Gasteiger partial charge in [-0.2, -0.15) is 0 Å². The average molecular weight is 222 g/mol. The van der Waals surface area contributed by atoms with Gasteiger partial charge in [0.25, 0.3) is 0 Å². The van der Waals surface area contributed by atoms with Crippen LogP contribution in [0.5, 0.6) is 0 Å². The fraction of sp³-hybridized carbons (Fsp3) is 0.583. The van der Waals surface area contributed by atoms with Crippen LogP contribution in [0.4, 0.5) is 10.2 Å². The maximum Gasteiger partial charge on any atom is 0.165 e. The van der Waals surface area contributed by atoms with E-state index < -0.39 is 0 Å². The van der Waals surface area contributed by atoms with Crippen LogP contribution in [0.2, 0.25) is 0 Å². The lowest BCUT2D eigenvalue weighted by atomic mass is 10.2. The molecule has 3 nitrogen and oxygen atoms in total. The van der Waals surface area contributed by atoms with Gasteiger partial charge in [-0.1, -0.05) is 0 Å². The van der Waals surface area contributed by atoms with Crippen molar-refractivity contribution in [3.63, 3.8) is 0 Å². The Morgan fingerprint density at radius 1 is 1.44 bits per heavy atom. The molecule has 0 aromatic carbocycles. The first kappa shape index (κ1) is 10.0. The van der Waals surface area contributed by atoms with E-state index in [1.54, 1.807) is 12.3 Å². The Hall–Kier alpha value is -1.16. The molecule has 1 saturated heterocycles. The second kappa shape index (κ2) is 4.01.